The van der Waals surface area contributed by atoms with Gasteiger partial charge in [0, 0.05) is 33.8 Å². The van der Waals surface area contributed by atoms with Crippen LogP contribution in [-0.4, -0.2) is 40.5 Å². The lowest BCUT2D eigenvalue weighted by atomic mass is 10.0. The van der Waals surface area contributed by atoms with Gasteiger partial charge in [-0.3, -0.25) is 14.4 Å². The summed E-state index contributed by atoms with van der Waals surface area (Å²) in [6.07, 6.45) is -1.03. The Morgan fingerprint density at radius 3 is 2.11 bits per heavy atom. The number of alkyl halides is 1. The number of halogens is 3. The molecule has 2 heterocycles. The number of esters is 1. The number of amides is 2. The van der Waals surface area contributed by atoms with Gasteiger partial charge in [-0.05, 0) is 60.7 Å². The van der Waals surface area contributed by atoms with Crippen molar-refractivity contribution in [1.82, 2.24) is 4.98 Å². The third-order valence-corrected chi connectivity index (χ3v) is 8.04. The zero-order valence-corrected chi connectivity index (χ0v) is 25.1. The fourth-order valence-electron chi connectivity index (χ4n) is 5.07. The first-order chi connectivity index (χ1) is 21.3. The minimum absolute atomic E-state index is 0.0882. The summed E-state index contributed by atoms with van der Waals surface area (Å²) in [4.78, 5) is 58.6. The van der Waals surface area contributed by atoms with E-state index in [0.717, 1.165) is 4.90 Å². The second-order valence-electron chi connectivity index (χ2n) is 9.97. The van der Waals surface area contributed by atoms with Crippen molar-refractivity contribution < 1.29 is 23.9 Å². The predicted octanol–water partition coefficient (Wildman–Crippen LogP) is 8.05. The number of hydrogen-bond donors (Lipinski definition) is 0. The average molecular weight is 644 g/mol. The second-order valence-corrected chi connectivity index (χ2v) is 11.2. The van der Waals surface area contributed by atoms with E-state index < -0.39 is 29.7 Å². The van der Waals surface area contributed by atoms with Gasteiger partial charge in [0.15, 0.2) is 6.10 Å². The molecule has 0 aliphatic carbocycles. The number of para-hydroxylation sites is 1. The highest BCUT2D eigenvalue weighted by Crippen LogP contribution is 2.33. The number of Topliss-reactive ketones (excluding diaryl/α,β-unsaturated/α-hetero) is 1. The summed E-state index contributed by atoms with van der Waals surface area (Å²) in [5, 5.41) is 1.23. The molecule has 44 heavy (non-hydrogen) atoms. The van der Waals surface area contributed by atoms with Gasteiger partial charge in [0.25, 0.3) is 11.8 Å². The maximum absolute atomic E-state index is 13.6. The molecular formula is C34H21Cl3N2O5. The molecule has 0 bridgehead atoms. The molecule has 1 aliphatic heterocycles. The van der Waals surface area contributed by atoms with Crippen molar-refractivity contribution in [2.45, 2.75) is 12.5 Å². The number of benzene rings is 4. The van der Waals surface area contributed by atoms with Crippen molar-refractivity contribution in [3.8, 4) is 11.3 Å². The van der Waals surface area contributed by atoms with Gasteiger partial charge in [0.05, 0.1) is 38.6 Å². The van der Waals surface area contributed by atoms with E-state index >= 15 is 0 Å². The maximum atomic E-state index is 13.6. The van der Waals surface area contributed by atoms with E-state index in [2.05, 4.69) is 0 Å². The minimum atomic E-state index is -1.13. The smallest absolute Gasteiger partial charge is 0.339 e. The van der Waals surface area contributed by atoms with Crippen LogP contribution in [0.5, 0.6) is 0 Å². The largest absolute Gasteiger partial charge is 0.450 e. The molecule has 0 saturated carbocycles. The van der Waals surface area contributed by atoms with Crippen LogP contribution in [0.25, 0.3) is 22.2 Å². The molecule has 1 unspecified atom stereocenters. The fraction of sp³-hybridized carbons (Fsp3) is 0.0882. The number of nitrogens with zero attached hydrogens (tertiary/aromatic N) is 2. The number of aromatic nitrogens is 1. The summed E-state index contributed by atoms with van der Waals surface area (Å²) in [7, 11) is 0. The number of fused-ring (bicyclic) bond motifs is 2. The van der Waals surface area contributed by atoms with Crippen LogP contribution in [0.15, 0.2) is 97.1 Å². The minimum Gasteiger partial charge on any atom is -0.450 e. The van der Waals surface area contributed by atoms with Crippen molar-refractivity contribution in [2.24, 2.45) is 0 Å². The molecule has 2 amide bonds. The molecule has 1 aliphatic rings. The average Bonchev–Trinajstić information content (AvgIpc) is 3.30. The van der Waals surface area contributed by atoms with Crippen LogP contribution < -0.4 is 4.90 Å². The molecule has 0 spiro atoms. The molecule has 5 aromatic rings. The quantitative estimate of drug-likeness (QED) is 0.0735. The van der Waals surface area contributed by atoms with Gasteiger partial charge in [-0.1, -0.05) is 59.6 Å². The van der Waals surface area contributed by atoms with Crippen LogP contribution in [-0.2, 0) is 4.74 Å². The van der Waals surface area contributed by atoms with Crippen LogP contribution in [0.1, 0.15) is 47.9 Å². The Morgan fingerprint density at radius 1 is 0.818 bits per heavy atom. The van der Waals surface area contributed by atoms with Gasteiger partial charge in [0.1, 0.15) is 0 Å². The summed E-state index contributed by atoms with van der Waals surface area (Å²) >= 11 is 18.4. The van der Waals surface area contributed by atoms with Gasteiger partial charge < -0.3 is 4.74 Å². The molecule has 4 aromatic carbocycles. The van der Waals surface area contributed by atoms with E-state index in [0.29, 0.717) is 54.6 Å². The normalized spacial score (nSPS) is 13.2. The first-order valence-electron chi connectivity index (χ1n) is 13.5. The Bertz CT molecular complexity index is 1920. The molecule has 0 fully saturated rings. The maximum Gasteiger partial charge on any atom is 0.339 e. The third-order valence-electron chi connectivity index (χ3n) is 7.27. The van der Waals surface area contributed by atoms with E-state index in [4.69, 9.17) is 44.5 Å². The number of hydrogen-bond acceptors (Lipinski definition) is 6. The summed E-state index contributed by atoms with van der Waals surface area (Å²) in [5.74, 6) is -1.88. The molecule has 1 atom stereocenters. The highest BCUT2D eigenvalue weighted by Gasteiger charge is 2.36. The Morgan fingerprint density at radius 2 is 1.48 bits per heavy atom. The van der Waals surface area contributed by atoms with Crippen LogP contribution >= 0.6 is 34.8 Å². The number of carbonyl (C=O) groups excluding carboxylic acids is 4. The van der Waals surface area contributed by atoms with Gasteiger partial charge >= 0.3 is 5.97 Å². The zero-order valence-electron chi connectivity index (χ0n) is 22.8. The van der Waals surface area contributed by atoms with Crippen molar-refractivity contribution in [3.05, 3.63) is 129 Å². The first-order valence-corrected chi connectivity index (χ1v) is 14.8. The second kappa shape index (κ2) is 12.2. The number of ketones is 1. The number of imide groups is 1. The summed E-state index contributed by atoms with van der Waals surface area (Å²) in [5.41, 5.74) is 2.92. The molecule has 1 aromatic heterocycles. The lowest BCUT2D eigenvalue weighted by Gasteiger charge is -2.18. The third kappa shape index (κ3) is 5.46. The number of pyridine rings is 1. The van der Waals surface area contributed by atoms with Gasteiger partial charge in [-0.25, -0.2) is 14.7 Å². The molecular weight excluding hydrogens is 623 g/mol. The zero-order chi connectivity index (χ0) is 31.0. The predicted molar refractivity (Wildman–Crippen MR) is 170 cm³/mol. The summed E-state index contributed by atoms with van der Waals surface area (Å²) in [6, 6.07) is 26.2. The monoisotopic (exact) mass is 642 g/mol. The molecule has 10 heteroatoms. The van der Waals surface area contributed by atoms with Crippen molar-refractivity contribution in [1.29, 1.82) is 0 Å². The molecule has 6 rings (SSSR count). The van der Waals surface area contributed by atoms with Gasteiger partial charge in [0.2, 0.25) is 5.78 Å². The van der Waals surface area contributed by atoms with Crippen LogP contribution in [0, 0.1) is 0 Å². The Labute approximate surface area is 266 Å². The van der Waals surface area contributed by atoms with E-state index in [9.17, 15) is 19.2 Å². The van der Waals surface area contributed by atoms with Crippen LogP contribution in [0.3, 0.4) is 0 Å². The van der Waals surface area contributed by atoms with Crippen LogP contribution in [0.2, 0.25) is 10.0 Å². The van der Waals surface area contributed by atoms with Crippen LogP contribution in [0.4, 0.5) is 5.69 Å². The SMILES string of the molecule is O=C(OC(CCCl)C(=O)c1ccc(Cl)cc1)c1cc(-c2ccc(N3C(=O)c4ccccc4C3=O)cc2)nc2c(Cl)cccc12. The van der Waals surface area contributed by atoms with E-state index in [-0.39, 0.29) is 17.9 Å². The van der Waals surface area contributed by atoms with Crippen molar-refractivity contribution in [2.75, 3.05) is 10.8 Å². The summed E-state index contributed by atoms with van der Waals surface area (Å²) in [6.45, 7) is 0. The van der Waals surface area contributed by atoms with Gasteiger partial charge in [-0.2, -0.15) is 0 Å². The molecule has 7 nitrogen and oxygen atoms in total. The number of anilines is 1. The molecule has 0 radical (unpaired) electrons. The Balaban J connectivity index is 1.34. The number of rotatable bonds is 8. The highest BCUT2D eigenvalue weighted by atomic mass is 35.5. The topological polar surface area (TPSA) is 93.6 Å². The van der Waals surface area contributed by atoms with Crippen molar-refractivity contribution >= 4 is 75.0 Å². The Kier molecular flexibility index (Phi) is 8.19. The standard InChI is InChI=1S/C34H21Cl3N2O5/c35-17-16-29(31(40)20-8-12-21(36)13-9-20)44-34(43)26-18-28(38-30-23(26)6-3-7-27(30)37)19-10-14-22(15-11-19)39-32(41)24-4-1-2-5-25(24)33(39)42/h1-15,18,29H,16-17H2. The number of carbonyl (C=O) groups is 4. The van der Waals surface area contributed by atoms with Crippen molar-refractivity contribution in [3.63, 3.8) is 0 Å². The molecule has 0 N–H and O–H groups in total. The fourth-order valence-corrected chi connectivity index (χ4v) is 5.61. The number of ether oxygens (including phenoxy) is 1. The Hall–Kier alpha value is -4.56. The van der Waals surface area contributed by atoms with E-state index in [1.54, 1.807) is 97.1 Å². The lowest BCUT2D eigenvalue weighted by Crippen LogP contribution is -2.29. The lowest BCUT2D eigenvalue weighted by molar-refractivity contribution is 0.0280. The van der Waals surface area contributed by atoms with Gasteiger partial charge in [-0.15, -0.1) is 11.6 Å². The highest BCUT2D eigenvalue weighted by molar-refractivity contribution is 6.36. The molecule has 0 saturated heterocycles. The summed E-state index contributed by atoms with van der Waals surface area (Å²) < 4.78 is 5.74. The van der Waals surface area contributed by atoms with E-state index in [1.807, 2.05) is 0 Å². The molecule has 218 valence electrons. The first kappa shape index (κ1) is 29.5. The van der Waals surface area contributed by atoms with E-state index in [1.165, 1.54) is 0 Å².